The van der Waals surface area contributed by atoms with Gasteiger partial charge in [0.15, 0.2) is 5.69 Å². The molecule has 23 heavy (non-hydrogen) atoms. The molecule has 0 bridgehead atoms. The van der Waals surface area contributed by atoms with Gasteiger partial charge in [0.1, 0.15) is 12.1 Å². The monoisotopic (exact) mass is 313 g/mol. The van der Waals surface area contributed by atoms with E-state index in [1.807, 2.05) is 6.92 Å². The van der Waals surface area contributed by atoms with Crippen molar-refractivity contribution in [3.05, 3.63) is 53.1 Å². The molecule has 0 amide bonds. The number of benzene rings is 1. The molecule has 3 aromatic rings. The predicted molar refractivity (Wildman–Crippen MR) is 77.3 cm³/mol. The predicted octanol–water partition coefficient (Wildman–Crippen LogP) is 1.59. The normalized spacial score (nSPS) is 12.1. The summed E-state index contributed by atoms with van der Waals surface area (Å²) in [6.45, 7) is 1.82. The van der Waals surface area contributed by atoms with E-state index in [0.717, 1.165) is 5.69 Å². The molecule has 1 aliphatic heterocycles. The number of methoxy groups -OCH3 is 1. The summed E-state index contributed by atoms with van der Waals surface area (Å²) < 4.78 is 21.9. The van der Waals surface area contributed by atoms with Crippen LogP contribution in [0.1, 0.15) is 27.6 Å². The quantitative estimate of drug-likeness (QED) is 0.499. The van der Waals surface area contributed by atoms with Crippen LogP contribution in [0.15, 0.2) is 24.5 Å². The Morgan fingerprint density at radius 2 is 2.13 bits per heavy atom. The summed E-state index contributed by atoms with van der Waals surface area (Å²) in [6, 6.07) is 4.37. The van der Waals surface area contributed by atoms with Crippen LogP contribution in [-0.2, 0) is 11.2 Å². The first kappa shape index (κ1) is 13.6. The fourth-order valence-electron chi connectivity index (χ4n) is 2.82. The van der Waals surface area contributed by atoms with Crippen LogP contribution in [0.4, 0.5) is 4.39 Å². The second-order valence-electron chi connectivity index (χ2n) is 5.24. The van der Waals surface area contributed by atoms with Crippen molar-refractivity contribution in [1.29, 1.82) is 0 Å². The maximum Gasteiger partial charge on any atom is 0.358 e. The molecule has 4 rings (SSSR count). The highest BCUT2D eigenvalue weighted by Gasteiger charge is 2.27. The number of ether oxygens (including phenoxy) is 1. The van der Waals surface area contributed by atoms with Gasteiger partial charge in [-0.25, -0.2) is 18.9 Å². The molecule has 116 valence electrons. The van der Waals surface area contributed by atoms with Crippen LogP contribution in [-0.4, -0.2) is 37.6 Å². The highest BCUT2D eigenvalue weighted by molar-refractivity contribution is 5.89. The smallest absolute Gasteiger partial charge is 0.358 e. The molecular weight excluding hydrogens is 301 g/mol. The van der Waals surface area contributed by atoms with Gasteiger partial charge in [-0.1, -0.05) is 5.21 Å². The maximum absolute atomic E-state index is 13.7. The molecule has 1 aliphatic rings. The zero-order chi connectivity index (χ0) is 16.1. The van der Waals surface area contributed by atoms with Gasteiger partial charge in [-0.3, -0.25) is 4.57 Å². The highest BCUT2D eigenvalue weighted by Crippen LogP contribution is 2.30. The number of carbonyl (C=O) groups excluding carboxylic acids is 1. The van der Waals surface area contributed by atoms with E-state index < -0.39 is 5.97 Å². The van der Waals surface area contributed by atoms with Gasteiger partial charge >= 0.3 is 5.97 Å². The van der Waals surface area contributed by atoms with Gasteiger partial charge < -0.3 is 4.74 Å². The average Bonchev–Trinajstić information content (AvgIpc) is 3.08. The lowest BCUT2D eigenvalue weighted by molar-refractivity contribution is 0.0593. The van der Waals surface area contributed by atoms with Gasteiger partial charge in [-0.15, -0.1) is 5.10 Å². The number of hydrogen-bond donors (Lipinski definition) is 0. The standard InChI is InChI=1S/C15H12FN5O2/c1-8-11-6-13-14(15(22)23-2)17-7-20(13)10-4-3-9(16)5-12(10)21(11)19-18-8/h3-5,7H,6H2,1-2H3. The van der Waals surface area contributed by atoms with Crippen LogP contribution >= 0.6 is 0 Å². The van der Waals surface area contributed by atoms with E-state index in [-0.39, 0.29) is 11.5 Å². The number of rotatable bonds is 1. The zero-order valence-electron chi connectivity index (χ0n) is 12.4. The number of carbonyl (C=O) groups is 1. The zero-order valence-corrected chi connectivity index (χ0v) is 12.4. The maximum atomic E-state index is 13.7. The Balaban J connectivity index is 2.06. The van der Waals surface area contributed by atoms with E-state index in [0.29, 0.717) is 29.2 Å². The Bertz CT molecular complexity index is 943. The fourth-order valence-corrected chi connectivity index (χ4v) is 2.82. The Morgan fingerprint density at radius 3 is 2.91 bits per heavy atom. The van der Waals surface area contributed by atoms with Gasteiger partial charge in [0, 0.05) is 12.5 Å². The van der Waals surface area contributed by atoms with Crippen molar-refractivity contribution < 1.29 is 13.9 Å². The number of hydrogen-bond acceptors (Lipinski definition) is 5. The molecule has 0 spiro atoms. The number of imidazole rings is 1. The Labute approximate surface area is 130 Å². The third-order valence-electron chi connectivity index (χ3n) is 3.96. The summed E-state index contributed by atoms with van der Waals surface area (Å²) in [7, 11) is 1.31. The Kier molecular flexibility index (Phi) is 2.80. The molecule has 7 nitrogen and oxygen atoms in total. The van der Waals surface area contributed by atoms with Crippen LogP contribution in [0.5, 0.6) is 0 Å². The van der Waals surface area contributed by atoms with Crippen molar-refractivity contribution in [3.63, 3.8) is 0 Å². The molecule has 0 radical (unpaired) electrons. The van der Waals surface area contributed by atoms with Gasteiger partial charge in [-0.2, -0.15) is 0 Å². The molecule has 1 aromatic carbocycles. The van der Waals surface area contributed by atoms with Crippen LogP contribution in [0, 0.1) is 12.7 Å². The SMILES string of the molecule is COC(=O)c1ncn2c1Cc1c(C)nnn1-c1cc(F)ccc1-2. The molecule has 0 N–H and O–H groups in total. The molecule has 2 aromatic heterocycles. The van der Waals surface area contributed by atoms with Crippen molar-refractivity contribution in [3.8, 4) is 11.4 Å². The summed E-state index contributed by atoms with van der Waals surface area (Å²) in [5.41, 5.74) is 3.61. The van der Waals surface area contributed by atoms with Gasteiger partial charge in [0.25, 0.3) is 0 Å². The Hall–Kier alpha value is -3.03. The van der Waals surface area contributed by atoms with E-state index in [1.54, 1.807) is 15.3 Å². The van der Waals surface area contributed by atoms with E-state index in [9.17, 15) is 9.18 Å². The van der Waals surface area contributed by atoms with E-state index in [2.05, 4.69) is 15.3 Å². The number of fused-ring (bicyclic) bond motifs is 5. The minimum atomic E-state index is -0.513. The molecule has 8 heteroatoms. The summed E-state index contributed by atoms with van der Waals surface area (Å²) >= 11 is 0. The van der Waals surface area contributed by atoms with Crippen molar-refractivity contribution in [2.45, 2.75) is 13.3 Å². The number of esters is 1. The minimum Gasteiger partial charge on any atom is -0.464 e. The second-order valence-corrected chi connectivity index (χ2v) is 5.24. The largest absolute Gasteiger partial charge is 0.464 e. The molecule has 0 saturated heterocycles. The van der Waals surface area contributed by atoms with Crippen LogP contribution in [0.2, 0.25) is 0 Å². The average molecular weight is 313 g/mol. The van der Waals surface area contributed by atoms with Gasteiger partial charge in [-0.05, 0) is 19.1 Å². The molecule has 0 aliphatic carbocycles. The third-order valence-corrected chi connectivity index (χ3v) is 3.96. The molecule has 0 saturated carbocycles. The summed E-state index contributed by atoms with van der Waals surface area (Å²) in [5, 5.41) is 8.17. The third kappa shape index (κ3) is 1.88. The van der Waals surface area contributed by atoms with Crippen molar-refractivity contribution in [2.24, 2.45) is 0 Å². The molecule has 0 fully saturated rings. The first-order valence-corrected chi connectivity index (χ1v) is 6.96. The fraction of sp³-hybridized carbons (Fsp3) is 0.200. The van der Waals surface area contributed by atoms with Gasteiger partial charge in [0.2, 0.25) is 0 Å². The second kappa shape index (κ2) is 4.73. The van der Waals surface area contributed by atoms with E-state index in [4.69, 9.17) is 4.74 Å². The molecule has 0 unspecified atom stereocenters. The van der Waals surface area contributed by atoms with Crippen molar-refractivity contribution in [1.82, 2.24) is 24.5 Å². The lowest BCUT2D eigenvalue weighted by atomic mass is 10.1. The van der Waals surface area contributed by atoms with Crippen LogP contribution in [0.25, 0.3) is 11.4 Å². The lowest BCUT2D eigenvalue weighted by Gasteiger charge is -2.09. The molecular formula is C15H12FN5O2. The lowest BCUT2D eigenvalue weighted by Crippen LogP contribution is -2.08. The number of halogens is 1. The summed E-state index contributed by atoms with van der Waals surface area (Å²) in [4.78, 5) is 16.1. The summed E-state index contributed by atoms with van der Waals surface area (Å²) in [6.07, 6.45) is 1.92. The molecule has 0 atom stereocenters. The number of aromatic nitrogens is 5. The highest BCUT2D eigenvalue weighted by atomic mass is 19.1. The first-order valence-electron chi connectivity index (χ1n) is 6.96. The van der Waals surface area contributed by atoms with E-state index in [1.165, 1.54) is 25.6 Å². The minimum absolute atomic E-state index is 0.233. The first-order chi connectivity index (χ1) is 11.1. The van der Waals surface area contributed by atoms with E-state index >= 15 is 0 Å². The number of aryl methyl sites for hydroxylation is 1. The van der Waals surface area contributed by atoms with Crippen molar-refractivity contribution >= 4 is 5.97 Å². The topological polar surface area (TPSA) is 74.8 Å². The van der Waals surface area contributed by atoms with Crippen LogP contribution < -0.4 is 0 Å². The summed E-state index contributed by atoms with van der Waals surface area (Å²) in [5.74, 6) is -0.888. The Morgan fingerprint density at radius 1 is 1.30 bits per heavy atom. The van der Waals surface area contributed by atoms with Crippen LogP contribution in [0.3, 0.4) is 0 Å². The van der Waals surface area contributed by atoms with Crippen molar-refractivity contribution in [2.75, 3.05) is 7.11 Å². The van der Waals surface area contributed by atoms with Gasteiger partial charge in [0.05, 0.1) is 35.6 Å². The molecule has 3 heterocycles. The number of nitrogens with zero attached hydrogens (tertiary/aromatic N) is 5.